The van der Waals surface area contributed by atoms with Crippen LogP contribution in [0.4, 0.5) is 0 Å². The first-order valence-electron chi connectivity index (χ1n) is 13.6. The van der Waals surface area contributed by atoms with E-state index in [1.165, 1.54) is 6.08 Å². The molecule has 4 heterocycles. The predicted molar refractivity (Wildman–Crippen MR) is 154 cm³/mol. The molecule has 1 aromatic carbocycles. The Morgan fingerprint density at radius 2 is 1.88 bits per heavy atom. The van der Waals surface area contributed by atoms with Gasteiger partial charge >= 0.3 is 0 Å². The van der Waals surface area contributed by atoms with Crippen LogP contribution in [-0.4, -0.2) is 57.1 Å². The van der Waals surface area contributed by atoms with Crippen molar-refractivity contribution in [1.29, 1.82) is 5.26 Å². The first kappa shape index (κ1) is 26.7. The van der Waals surface area contributed by atoms with E-state index in [0.717, 1.165) is 10.4 Å². The number of pyridine rings is 1. The van der Waals surface area contributed by atoms with E-state index in [9.17, 15) is 14.4 Å². The van der Waals surface area contributed by atoms with Gasteiger partial charge in [-0.3, -0.25) is 24.3 Å². The van der Waals surface area contributed by atoms with Crippen LogP contribution in [0.3, 0.4) is 0 Å². The second-order valence-corrected chi connectivity index (χ2v) is 11.9. The molecule has 1 unspecified atom stereocenters. The van der Waals surface area contributed by atoms with Crippen LogP contribution < -0.4 is 5.32 Å². The smallest absolute Gasteiger partial charge is 0.254 e. The molecule has 3 fully saturated rings. The van der Waals surface area contributed by atoms with Crippen molar-refractivity contribution in [3.05, 3.63) is 112 Å². The summed E-state index contributed by atoms with van der Waals surface area (Å²) in [5, 5.41) is 14.5. The fraction of sp³-hybridized carbons (Fsp3) is 0.281. The second-order valence-electron chi connectivity index (χ2n) is 10.9. The lowest BCUT2D eigenvalue weighted by Gasteiger charge is -2.27. The van der Waals surface area contributed by atoms with Crippen LogP contribution in [0, 0.1) is 23.2 Å². The lowest BCUT2D eigenvalue weighted by molar-refractivity contribution is -0.133. The van der Waals surface area contributed by atoms with E-state index in [-0.39, 0.29) is 35.5 Å². The van der Waals surface area contributed by atoms with Crippen molar-refractivity contribution in [3.63, 3.8) is 0 Å². The Hall–Kier alpha value is -4.55. The van der Waals surface area contributed by atoms with Gasteiger partial charge < -0.3 is 10.2 Å². The molecule has 2 amide bonds. The molecule has 4 atom stereocenters. The van der Waals surface area contributed by atoms with Crippen LogP contribution >= 0.6 is 11.3 Å². The van der Waals surface area contributed by atoms with Crippen LogP contribution in [0.2, 0.25) is 0 Å². The molecule has 1 aliphatic carbocycles. The largest absolute Gasteiger partial charge is 0.357 e. The Morgan fingerprint density at radius 1 is 1.15 bits per heavy atom. The average Bonchev–Trinajstić information content (AvgIpc) is 3.37. The maximum absolute atomic E-state index is 14.3. The summed E-state index contributed by atoms with van der Waals surface area (Å²) in [6.07, 6.45) is 7.80. The third-order valence-electron chi connectivity index (χ3n) is 8.27. The van der Waals surface area contributed by atoms with E-state index in [1.807, 2.05) is 34.5 Å². The number of nitrogens with one attached hydrogen (secondary N) is 1. The Morgan fingerprint density at radius 3 is 2.51 bits per heavy atom. The highest BCUT2D eigenvalue weighted by molar-refractivity contribution is 7.10. The quantitative estimate of drug-likeness (QED) is 0.242. The van der Waals surface area contributed by atoms with Gasteiger partial charge in [0.25, 0.3) is 5.91 Å². The Balaban J connectivity index is 1.27. The van der Waals surface area contributed by atoms with Gasteiger partial charge in [0.2, 0.25) is 5.91 Å². The number of hydrogen-bond acceptors (Lipinski definition) is 7. The highest BCUT2D eigenvalue weighted by Crippen LogP contribution is 2.52. The normalized spacial score (nSPS) is 25.5. The molecule has 1 N–H and O–H groups in total. The number of likely N-dealkylation sites (tertiary alicyclic amines) is 1. The summed E-state index contributed by atoms with van der Waals surface area (Å²) < 4.78 is 0. The summed E-state index contributed by atoms with van der Waals surface area (Å²) in [6.45, 7) is 5.11. The number of carbonyl (C=O) groups is 3. The summed E-state index contributed by atoms with van der Waals surface area (Å²) in [7, 11) is 0. The van der Waals surface area contributed by atoms with Gasteiger partial charge in [0.05, 0.1) is 18.1 Å². The number of fused-ring (bicyclic) bond motifs is 1. The molecule has 2 aromatic heterocycles. The average molecular weight is 564 g/mol. The zero-order chi connectivity index (χ0) is 28.6. The molecule has 2 aliphatic heterocycles. The van der Waals surface area contributed by atoms with Crippen LogP contribution in [0.1, 0.15) is 32.8 Å². The second kappa shape index (κ2) is 10.8. The third-order valence-corrected chi connectivity index (χ3v) is 9.15. The number of ketones is 1. The van der Waals surface area contributed by atoms with Crippen LogP contribution in [0.5, 0.6) is 0 Å². The summed E-state index contributed by atoms with van der Waals surface area (Å²) in [5.74, 6) is 0.533. The maximum Gasteiger partial charge on any atom is 0.254 e. The van der Waals surface area contributed by atoms with Gasteiger partial charge in [-0.25, -0.2) is 0 Å². The number of nitriles is 1. The number of benzene rings is 1. The number of hydrogen-bond donors (Lipinski definition) is 1. The third kappa shape index (κ3) is 5.07. The summed E-state index contributed by atoms with van der Waals surface area (Å²) in [6, 6.07) is 16.1. The van der Waals surface area contributed by atoms with Crippen molar-refractivity contribution in [3.8, 4) is 6.07 Å². The van der Waals surface area contributed by atoms with Gasteiger partial charge in [-0.15, -0.1) is 17.9 Å². The highest BCUT2D eigenvalue weighted by Gasteiger charge is 2.64. The molecule has 3 aromatic rings. The molecule has 0 radical (unpaired) electrons. The first-order chi connectivity index (χ1) is 19.9. The van der Waals surface area contributed by atoms with E-state index in [1.54, 1.807) is 59.0 Å². The van der Waals surface area contributed by atoms with E-state index in [2.05, 4.69) is 22.9 Å². The SMILES string of the molecule is C=CCC1(Cc2ccncc2)N/C(=C\C(=O)c2ccc(C#N)cc2)N([C@H]2[C@@H]3CN(C(=O)Cc4cccs4)C[C@@H]32)C1=O. The van der Waals surface area contributed by atoms with Gasteiger partial charge in [-0.1, -0.05) is 12.1 Å². The van der Waals surface area contributed by atoms with E-state index < -0.39 is 5.54 Å². The van der Waals surface area contributed by atoms with Gasteiger partial charge in [-0.2, -0.15) is 5.26 Å². The molecular weight excluding hydrogens is 534 g/mol. The fourth-order valence-corrected chi connectivity index (χ4v) is 6.89. The zero-order valence-corrected chi connectivity index (χ0v) is 23.2. The molecule has 0 spiro atoms. The van der Waals surface area contributed by atoms with E-state index in [4.69, 9.17) is 5.26 Å². The minimum atomic E-state index is -0.995. The minimum absolute atomic E-state index is 0.0927. The van der Waals surface area contributed by atoms with Gasteiger partial charge in [0.15, 0.2) is 5.78 Å². The van der Waals surface area contributed by atoms with Crippen molar-refractivity contribution >= 4 is 28.9 Å². The minimum Gasteiger partial charge on any atom is -0.357 e. The molecule has 206 valence electrons. The molecule has 9 heteroatoms. The van der Waals surface area contributed by atoms with Gasteiger partial charge in [-0.05, 0) is 59.8 Å². The molecule has 41 heavy (non-hydrogen) atoms. The number of allylic oxidation sites excluding steroid dienone is 1. The van der Waals surface area contributed by atoms with Crippen LogP contribution in [-0.2, 0) is 22.4 Å². The van der Waals surface area contributed by atoms with Gasteiger partial charge in [0.1, 0.15) is 11.4 Å². The summed E-state index contributed by atoms with van der Waals surface area (Å²) >= 11 is 1.58. The van der Waals surface area contributed by atoms with Crippen molar-refractivity contribution in [2.45, 2.75) is 30.8 Å². The lowest BCUT2D eigenvalue weighted by atomic mass is 9.87. The molecule has 8 nitrogen and oxygen atoms in total. The van der Waals surface area contributed by atoms with E-state index >= 15 is 0 Å². The monoisotopic (exact) mass is 563 g/mol. The van der Waals surface area contributed by atoms with Crippen LogP contribution in [0.25, 0.3) is 0 Å². The van der Waals surface area contributed by atoms with Gasteiger partial charge in [0, 0.05) is 66.3 Å². The summed E-state index contributed by atoms with van der Waals surface area (Å²) in [5.41, 5.74) is 0.855. The zero-order valence-electron chi connectivity index (χ0n) is 22.4. The lowest BCUT2D eigenvalue weighted by Crippen LogP contribution is -2.49. The number of aromatic nitrogens is 1. The molecule has 0 bridgehead atoms. The molecule has 6 rings (SSSR count). The van der Waals surface area contributed by atoms with Crippen molar-refractivity contribution < 1.29 is 14.4 Å². The molecule has 1 saturated carbocycles. The maximum atomic E-state index is 14.3. The summed E-state index contributed by atoms with van der Waals surface area (Å²) in [4.78, 5) is 49.4. The fourth-order valence-electron chi connectivity index (χ4n) is 6.20. The Labute approximate surface area is 242 Å². The highest BCUT2D eigenvalue weighted by atomic mass is 32.1. The predicted octanol–water partition coefficient (Wildman–Crippen LogP) is 3.73. The number of thiophene rings is 1. The number of carbonyl (C=O) groups excluding carboxylic acids is 3. The number of piperidine rings is 1. The van der Waals surface area contributed by atoms with Crippen LogP contribution in [0.15, 0.2) is 90.9 Å². The molecular formula is C32H29N5O3S. The molecule has 3 aliphatic rings. The molecule has 2 saturated heterocycles. The van der Waals surface area contributed by atoms with Crippen molar-refractivity contribution in [2.24, 2.45) is 11.8 Å². The van der Waals surface area contributed by atoms with Crippen molar-refractivity contribution in [1.82, 2.24) is 20.1 Å². The number of nitrogens with zero attached hydrogens (tertiary/aromatic N) is 4. The number of amides is 2. The first-order valence-corrected chi connectivity index (χ1v) is 14.5. The standard InChI is InChI=1S/C32H29N5O3S/c1-2-11-32(17-21-9-12-34-13-10-21)31(40)37(28(35-32)16-27(38)23-7-5-22(18-33)6-8-23)30-25-19-36(20-26(25)30)29(39)15-24-4-3-14-41-24/h2-10,12-14,16,25-26,30,35H,1,11,15,17,19-20H2/b28-16+/t25-,26+,30+,32?. The Kier molecular flexibility index (Phi) is 7.01. The van der Waals surface area contributed by atoms with E-state index in [0.29, 0.717) is 49.3 Å². The topological polar surface area (TPSA) is 106 Å². The number of rotatable bonds is 9. The van der Waals surface area contributed by atoms with Crippen molar-refractivity contribution in [2.75, 3.05) is 13.1 Å². The Bertz CT molecular complexity index is 1550.